The van der Waals surface area contributed by atoms with Crippen molar-refractivity contribution in [3.8, 4) is 0 Å². The van der Waals surface area contributed by atoms with E-state index in [9.17, 15) is 4.39 Å². The minimum atomic E-state index is -0.205. The third kappa shape index (κ3) is 2.69. The highest BCUT2D eigenvalue weighted by atomic mass is 32.2. The van der Waals surface area contributed by atoms with E-state index in [1.54, 1.807) is 30.2 Å². The first kappa shape index (κ1) is 12.2. The van der Waals surface area contributed by atoms with Gasteiger partial charge in [0.1, 0.15) is 10.8 Å². The molecular formula is C13H15FN2S. The highest BCUT2D eigenvalue weighted by molar-refractivity contribution is 7.99. The normalized spacial score (nSPS) is 11.1. The predicted molar refractivity (Wildman–Crippen MR) is 67.8 cm³/mol. The van der Waals surface area contributed by atoms with Gasteiger partial charge in [-0.3, -0.25) is 0 Å². The summed E-state index contributed by atoms with van der Waals surface area (Å²) in [5.41, 5.74) is 1.06. The zero-order chi connectivity index (χ0) is 12.4. The molecule has 4 heteroatoms. The van der Waals surface area contributed by atoms with Gasteiger partial charge in [-0.1, -0.05) is 31.7 Å². The van der Waals surface area contributed by atoms with Crippen molar-refractivity contribution in [2.75, 3.05) is 0 Å². The number of halogens is 1. The Labute approximate surface area is 105 Å². The lowest BCUT2D eigenvalue weighted by molar-refractivity contribution is 0.624. The number of imidazole rings is 1. The molecule has 90 valence electrons. The summed E-state index contributed by atoms with van der Waals surface area (Å²) in [4.78, 5) is 5.28. The molecule has 2 nitrogen and oxygen atoms in total. The molecule has 2 rings (SSSR count). The maximum absolute atomic E-state index is 13.1. The standard InChI is InChI=1S/C13H15FN2S/c1-9(2)12-13(16(3)8-15-12)17-11-6-4-5-10(14)7-11/h4-9H,1-3H3. The van der Waals surface area contributed by atoms with Crippen LogP contribution in [-0.2, 0) is 7.05 Å². The zero-order valence-electron chi connectivity index (χ0n) is 10.1. The van der Waals surface area contributed by atoms with Crippen molar-refractivity contribution in [2.45, 2.75) is 29.7 Å². The Morgan fingerprint density at radius 1 is 1.35 bits per heavy atom. The Bertz CT molecular complexity index is 520. The first-order chi connectivity index (χ1) is 8.08. The molecule has 0 amide bonds. The molecular weight excluding hydrogens is 235 g/mol. The molecule has 0 spiro atoms. The lowest BCUT2D eigenvalue weighted by atomic mass is 10.2. The fraction of sp³-hybridized carbons (Fsp3) is 0.308. The van der Waals surface area contributed by atoms with Gasteiger partial charge in [0, 0.05) is 11.9 Å². The molecule has 0 aliphatic rings. The molecule has 0 fully saturated rings. The molecule has 0 radical (unpaired) electrons. The summed E-state index contributed by atoms with van der Waals surface area (Å²) in [5.74, 6) is 0.163. The molecule has 0 saturated carbocycles. The van der Waals surface area contributed by atoms with E-state index < -0.39 is 0 Å². The highest BCUT2D eigenvalue weighted by Gasteiger charge is 2.13. The fourth-order valence-corrected chi connectivity index (χ4v) is 2.73. The van der Waals surface area contributed by atoms with Gasteiger partial charge in [0.15, 0.2) is 0 Å². The van der Waals surface area contributed by atoms with Crippen molar-refractivity contribution in [3.05, 3.63) is 42.1 Å². The molecule has 0 saturated heterocycles. The van der Waals surface area contributed by atoms with Crippen molar-refractivity contribution < 1.29 is 4.39 Å². The molecule has 2 aromatic rings. The van der Waals surface area contributed by atoms with Crippen LogP contribution >= 0.6 is 11.8 Å². The molecule has 0 unspecified atom stereocenters. The highest BCUT2D eigenvalue weighted by Crippen LogP contribution is 2.32. The van der Waals surface area contributed by atoms with E-state index in [0.717, 1.165) is 15.6 Å². The number of hydrogen-bond acceptors (Lipinski definition) is 2. The van der Waals surface area contributed by atoms with Crippen molar-refractivity contribution in [1.29, 1.82) is 0 Å². The Balaban J connectivity index is 2.32. The molecule has 1 heterocycles. The van der Waals surface area contributed by atoms with Crippen LogP contribution in [0.3, 0.4) is 0 Å². The Kier molecular flexibility index (Phi) is 3.52. The summed E-state index contributed by atoms with van der Waals surface area (Å²) < 4.78 is 15.1. The van der Waals surface area contributed by atoms with Crippen LogP contribution in [0.1, 0.15) is 25.5 Å². The fourth-order valence-electron chi connectivity index (χ4n) is 1.60. The predicted octanol–water partition coefficient (Wildman–Crippen LogP) is 3.83. The van der Waals surface area contributed by atoms with Crippen molar-refractivity contribution in [3.63, 3.8) is 0 Å². The van der Waals surface area contributed by atoms with Crippen LogP contribution in [0.2, 0.25) is 0 Å². The van der Waals surface area contributed by atoms with Crippen LogP contribution in [0.25, 0.3) is 0 Å². The summed E-state index contributed by atoms with van der Waals surface area (Å²) in [7, 11) is 1.96. The number of hydrogen-bond donors (Lipinski definition) is 0. The van der Waals surface area contributed by atoms with Crippen LogP contribution in [0.15, 0.2) is 40.5 Å². The van der Waals surface area contributed by atoms with E-state index in [1.807, 2.05) is 17.7 Å². The summed E-state index contributed by atoms with van der Waals surface area (Å²) >= 11 is 1.55. The summed E-state index contributed by atoms with van der Waals surface area (Å²) in [6, 6.07) is 6.63. The van der Waals surface area contributed by atoms with Gasteiger partial charge >= 0.3 is 0 Å². The molecule has 1 aromatic carbocycles. The average molecular weight is 250 g/mol. The van der Waals surface area contributed by atoms with Gasteiger partial charge in [0.2, 0.25) is 0 Å². The van der Waals surface area contributed by atoms with Crippen LogP contribution in [0, 0.1) is 5.82 Å². The van der Waals surface area contributed by atoms with Crippen LogP contribution < -0.4 is 0 Å². The van der Waals surface area contributed by atoms with E-state index in [2.05, 4.69) is 18.8 Å². The number of aryl methyl sites for hydroxylation is 1. The van der Waals surface area contributed by atoms with Crippen molar-refractivity contribution >= 4 is 11.8 Å². The van der Waals surface area contributed by atoms with Crippen molar-refractivity contribution in [2.24, 2.45) is 7.05 Å². The van der Waals surface area contributed by atoms with Crippen molar-refractivity contribution in [1.82, 2.24) is 9.55 Å². The maximum Gasteiger partial charge on any atom is 0.124 e. The lowest BCUT2D eigenvalue weighted by Crippen LogP contribution is -1.94. The monoisotopic (exact) mass is 250 g/mol. The SMILES string of the molecule is CC(C)c1ncn(C)c1Sc1cccc(F)c1. The molecule has 0 atom stereocenters. The van der Waals surface area contributed by atoms with Crippen LogP contribution in [0.5, 0.6) is 0 Å². The number of nitrogens with zero attached hydrogens (tertiary/aromatic N) is 2. The molecule has 0 bridgehead atoms. The third-order valence-corrected chi connectivity index (χ3v) is 3.65. The Morgan fingerprint density at radius 2 is 2.12 bits per heavy atom. The summed E-state index contributed by atoms with van der Waals surface area (Å²) in [6.07, 6.45) is 1.80. The smallest absolute Gasteiger partial charge is 0.124 e. The van der Waals surface area contributed by atoms with Gasteiger partial charge in [-0.25, -0.2) is 9.37 Å². The van der Waals surface area contributed by atoms with E-state index in [0.29, 0.717) is 5.92 Å². The average Bonchev–Trinajstić information content (AvgIpc) is 2.61. The van der Waals surface area contributed by atoms with E-state index in [1.165, 1.54) is 6.07 Å². The second-order valence-electron chi connectivity index (χ2n) is 4.26. The number of benzene rings is 1. The number of aromatic nitrogens is 2. The second-order valence-corrected chi connectivity index (χ2v) is 5.32. The maximum atomic E-state index is 13.1. The molecule has 17 heavy (non-hydrogen) atoms. The van der Waals surface area contributed by atoms with E-state index in [4.69, 9.17) is 0 Å². The minimum Gasteiger partial charge on any atom is -0.328 e. The summed E-state index contributed by atoms with van der Waals surface area (Å²) in [5, 5.41) is 1.07. The third-order valence-electron chi connectivity index (χ3n) is 2.47. The van der Waals surface area contributed by atoms with Gasteiger partial charge in [0.05, 0.1) is 12.0 Å². The van der Waals surface area contributed by atoms with Gasteiger partial charge in [-0.2, -0.15) is 0 Å². The lowest BCUT2D eigenvalue weighted by Gasteiger charge is -2.08. The van der Waals surface area contributed by atoms with Crippen LogP contribution in [0.4, 0.5) is 4.39 Å². The molecule has 1 aromatic heterocycles. The van der Waals surface area contributed by atoms with E-state index in [-0.39, 0.29) is 5.82 Å². The Hall–Kier alpha value is -1.29. The minimum absolute atomic E-state index is 0.205. The van der Waals surface area contributed by atoms with Gasteiger partial charge < -0.3 is 4.57 Å². The molecule has 0 aliphatic heterocycles. The number of rotatable bonds is 3. The first-order valence-corrected chi connectivity index (χ1v) is 6.34. The Morgan fingerprint density at radius 3 is 2.76 bits per heavy atom. The quantitative estimate of drug-likeness (QED) is 0.823. The largest absolute Gasteiger partial charge is 0.328 e. The summed E-state index contributed by atoms with van der Waals surface area (Å²) in [6.45, 7) is 4.22. The zero-order valence-corrected chi connectivity index (χ0v) is 11.0. The first-order valence-electron chi connectivity index (χ1n) is 5.52. The van der Waals surface area contributed by atoms with E-state index >= 15 is 0 Å². The second kappa shape index (κ2) is 4.92. The van der Waals surface area contributed by atoms with Gasteiger partial charge in [0.25, 0.3) is 0 Å². The van der Waals surface area contributed by atoms with Crippen LogP contribution in [-0.4, -0.2) is 9.55 Å². The van der Waals surface area contributed by atoms with Gasteiger partial charge in [-0.15, -0.1) is 0 Å². The topological polar surface area (TPSA) is 17.8 Å². The van der Waals surface area contributed by atoms with Gasteiger partial charge in [-0.05, 0) is 24.1 Å². The molecule has 0 aliphatic carbocycles. The molecule has 0 N–H and O–H groups in total.